The van der Waals surface area contributed by atoms with Gasteiger partial charge in [0.15, 0.2) is 5.78 Å². The molecule has 5 heteroatoms. The van der Waals surface area contributed by atoms with Crippen LogP contribution in [0.25, 0.3) is 23.1 Å². The van der Waals surface area contributed by atoms with Crippen LogP contribution in [0.5, 0.6) is 17.2 Å². The monoisotopic (exact) mass is 453 g/mol. The number of ether oxygens (including phenoxy) is 3. The van der Waals surface area contributed by atoms with Crippen LogP contribution >= 0.6 is 0 Å². The summed E-state index contributed by atoms with van der Waals surface area (Å²) in [5.74, 6) is 1.60. The van der Waals surface area contributed by atoms with Crippen LogP contribution < -0.4 is 14.2 Å². The van der Waals surface area contributed by atoms with E-state index in [2.05, 4.69) is 35.0 Å². The third kappa shape index (κ3) is 5.04. The topological polar surface area (TPSA) is 49.7 Å². The number of benzene rings is 3. The molecule has 1 aromatic heterocycles. The van der Waals surface area contributed by atoms with Crippen LogP contribution in [-0.2, 0) is 11.3 Å². The SMILES string of the molecule is COc1cc(OC)c(/C=C/C(=O)/C=C/c2cn(Cc3ccccc3)c3ccccc23)c(OC)c1. The Kier molecular flexibility index (Phi) is 7.13. The number of allylic oxidation sites excluding steroid dienone is 2. The molecule has 0 fully saturated rings. The summed E-state index contributed by atoms with van der Waals surface area (Å²) in [6.07, 6.45) is 8.72. The molecule has 0 amide bonds. The molecule has 0 aliphatic rings. The first-order chi connectivity index (χ1) is 16.6. The standard InChI is InChI=1S/C29H27NO4/c1-32-24-17-28(33-2)26(29(18-24)34-3)16-15-23(31)14-13-22-20-30(19-21-9-5-4-6-10-21)27-12-8-7-11-25(22)27/h4-18,20H,19H2,1-3H3/b14-13+,16-15+. The van der Waals surface area contributed by atoms with Crippen molar-refractivity contribution < 1.29 is 19.0 Å². The first-order valence-corrected chi connectivity index (χ1v) is 10.9. The maximum Gasteiger partial charge on any atom is 0.178 e. The van der Waals surface area contributed by atoms with Gasteiger partial charge in [-0.25, -0.2) is 0 Å². The molecule has 1 heterocycles. The Morgan fingerprint density at radius 1 is 0.824 bits per heavy atom. The van der Waals surface area contributed by atoms with Gasteiger partial charge in [0, 0.05) is 41.3 Å². The zero-order valence-electron chi connectivity index (χ0n) is 19.5. The second kappa shape index (κ2) is 10.6. The number of aromatic nitrogens is 1. The van der Waals surface area contributed by atoms with Crippen LogP contribution in [-0.4, -0.2) is 31.7 Å². The van der Waals surface area contributed by atoms with Crippen molar-refractivity contribution in [3.8, 4) is 17.2 Å². The Balaban J connectivity index is 1.58. The van der Waals surface area contributed by atoms with Crippen molar-refractivity contribution in [1.29, 1.82) is 0 Å². The predicted molar refractivity (Wildman–Crippen MR) is 137 cm³/mol. The van der Waals surface area contributed by atoms with E-state index >= 15 is 0 Å². The molecule has 0 N–H and O–H groups in total. The summed E-state index contributed by atoms with van der Waals surface area (Å²) in [5.41, 5.74) is 4.02. The number of para-hydroxylation sites is 1. The first kappa shape index (κ1) is 22.9. The highest BCUT2D eigenvalue weighted by atomic mass is 16.5. The van der Waals surface area contributed by atoms with Crippen molar-refractivity contribution in [2.24, 2.45) is 0 Å². The third-order valence-corrected chi connectivity index (χ3v) is 5.61. The molecule has 0 radical (unpaired) electrons. The molecule has 172 valence electrons. The summed E-state index contributed by atoms with van der Waals surface area (Å²) in [6, 6.07) is 22.0. The molecule has 0 saturated heterocycles. The number of methoxy groups -OCH3 is 3. The van der Waals surface area contributed by atoms with Gasteiger partial charge in [0.25, 0.3) is 0 Å². The van der Waals surface area contributed by atoms with Gasteiger partial charge in [-0.1, -0.05) is 48.5 Å². The predicted octanol–water partition coefficient (Wildman–Crippen LogP) is 6.01. The number of ketones is 1. The van der Waals surface area contributed by atoms with Crippen molar-refractivity contribution in [2.45, 2.75) is 6.54 Å². The van der Waals surface area contributed by atoms with E-state index in [4.69, 9.17) is 14.2 Å². The normalized spacial score (nSPS) is 11.4. The van der Waals surface area contributed by atoms with Crippen molar-refractivity contribution in [2.75, 3.05) is 21.3 Å². The molecule has 0 aliphatic carbocycles. The maximum atomic E-state index is 12.7. The van der Waals surface area contributed by atoms with Crippen LogP contribution in [0.1, 0.15) is 16.7 Å². The number of hydrogen-bond acceptors (Lipinski definition) is 4. The van der Waals surface area contributed by atoms with Gasteiger partial charge in [0.05, 0.1) is 26.9 Å². The minimum atomic E-state index is -0.139. The number of rotatable bonds is 9. The first-order valence-electron chi connectivity index (χ1n) is 10.9. The summed E-state index contributed by atoms with van der Waals surface area (Å²) in [5, 5.41) is 1.10. The molecule has 4 rings (SSSR count). The lowest BCUT2D eigenvalue weighted by Crippen LogP contribution is -1.97. The average Bonchev–Trinajstić information content (AvgIpc) is 3.23. The van der Waals surface area contributed by atoms with Gasteiger partial charge in [0.2, 0.25) is 0 Å². The van der Waals surface area contributed by atoms with Crippen LogP contribution in [0.2, 0.25) is 0 Å². The van der Waals surface area contributed by atoms with E-state index in [0.717, 1.165) is 23.0 Å². The molecule has 0 saturated carbocycles. The smallest absolute Gasteiger partial charge is 0.178 e. The lowest BCUT2D eigenvalue weighted by atomic mass is 10.1. The zero-order valence-corrected chi connectivity index (χ0v) is 19.5. The summed E-state index contributed by atoms with van der Waals surface area (Å²) >= 11 is 0. The number of hydrogen-bond donors (Lipinski definition) is 0. The Hall–Kier alpha value is -4.25. The molecular weight excluding hydrogens is 426 g/mol. The number of carbonyl (C=O) groups is 1. The minimum Gasteiger partial charge on any atom is -0.496 e. The minimum absolute atomic E-state index is 0.139. The van der Waals surface area contributed by atoms with Crippen molar-refractivity contribution in [1.82, 2.24) is 4.57 Å². The van der Waals surface area contributed by atoms with Crippen LogP contribution in [0.4, 0.5) is 0 Å². The Morgan fingerprint density at radius 3 is 2.15 bits per heavy atom. The molecule has 0 unspecified atom stereocenters. The number of nitrogens with zero attached hydrogens (tertiary/aromatic N) is 1. The maximum absolute atomic E-state index is 12.7. The molecule has 0 aliphatic heterocycles. The molecule has 3 aromatic carbocycles. The Bertz CT molecular complexity index is 1320. The average molecular weight is 454 g/mol. The Labute approximate surface area is 199 Å². The highest BCUT2D eigenvalue weighted by molar-refractivity contribution is 6.06. The van der Waals surface area contributed by atoms with Crippen LogP contribution in [0.15, 0.2) is 85.1 Å². The van der Waals surface area contributed by atoms with Crippen LogP contribution in [0.3, 0.4) is 0 Å². The van der Waals surface area contributed by atoms with Gasteiger partial charge in [-0.3, -0.25) is 4.79 Å². The summed E-state index contributed by atoms with van der Waals surface area (Å²) in [6.45, 7) is 0.764. The number of carbonyl (C=O) groups excluding carboxylic acids is 1. The largest absolute Gasteiger partial charge is 0.496 e. The van der Waals surface area contributed by atoms with Gasteiger partial charge in [-0.05, 0) is 35.9 Å². The van der Waals surface area contributed by atoms with Crippen molar-refractivity contribution in [3.63, 3.8) is 0 Å². The molecule has 0 spiro atoms. The summed E-state index contributed by atoms with van der Waals surface area (Å²) in [7, 11) is 4.71. The molecule has 5 nitrogen and oxygen atoms in total. The fourth-order valence-corrected chi connectivity index (χ4v) is 3.91. The van der Waals surface area contributed by atoms with Gasteiger partial charge >= 0.3 is 0 Å². The van der Waals surface area contributed by atoms with Gasteiger partial charge in [-0.2, -0.15) is 0 Å². The molecule has 0 bridgehead atoms. The van der Waals surface area contributed by atoms with E-state index in [1.807, 2.05) is 36.4 Å². The molecule has 0 atom stereocenters. The molecule has 34 heavy (non-hydrogen) atoms. The summed E-state index contributed by atoms with van der Waals surface area (Å²) < 4.78 is 18.4. The highest BCUT2D eigenvalue weighted by Gasteiger charge is 2.11. The third-order valence-electron chi connectivity index (χ3n) is 5.61. The quantitative estimate of drug-likeness (QED) is 0.291. The van der Waals surface area contributed by atoms with Gasteiger partial charge in [0.1, 0.15) is 17.2 Å². The summed E-state index contributed by atoms with van der Waals surface area (Å²) in [4.78, 5) is 12.7. The highest BCUT2D eigenvalue weighted by Crippen LogP contribution is 2.35. The number of fused-ring (bicyclic) bond motifs is 1. The molecule has 4 aromatic rings. The van der Waals surface area contributed by atoms with E-state index in [0.29, 0.717) is 22.8 Å². The van der Waals surface area contributed by atoms with E-state index in [1.165, 1.54) is 11.6 Å². The lowest BCUT2D eigenvalue weighted by Gasteiger charge is -2.12. The zero-order chi connectivity index (χ0) is 23.9. The molecular formula is C29H27NO4. The van der Waals surface area contributed by atoms with Crippen LogP contribution in [0, 0.1) is 0 Å². The Morgan fingerprint density at radius 2 is 1.47 bits per heavy atom. The van der Waals surface area contributed by atoms with Gasteiger partial charge in [-0.15, -0.1) is 0 Å². The lowest BCUT2D eigenvalue weighted by molar-refractivity contribution is -0.110. The van der Waals surface area contributed by atoms with E-state index in [-0.39, 0.29) is 5.78 Å². The van der Waals surface area contributed by atoms with E-state index < -0.39 is 0 Å². The fourth-order valence-electron chi connectivity index (χ4n) is 3.91. The van der Waals surface area contributed by atoms with E-state index in [1.54, 1.807) is 45.6 Å². The van der Waals surface area contributed by atoms with Gasteiger partial charge < -0.3 is 18.8 Å². The second-order valence-corrected chi connectivity index (χ2v) is 7.73. The fraction of sp³-hybridized carbons (Fsp3) is 0.138. The van der Waals surface area contributed by atoms with E-state index in [9.17, 15) is 4.79 Å². The second-order valence-electron chi connectivity index (χ2n) is 7.73. The van der Waals surface area contributed by atoms with Crippen molar-refractivity contribution >= 4 is 28.8 Å². The van der Waals surface area contributed by atoms with Crippen molar-refractivity contribution in [3.05, 3.63) is 102 Å².